The van der Waals surface area contributed by atoms with Crippen molar-refractivity contribution in [3.8, 4) is 0 Å². The second-order valence-electron chi connectivity index (χ2n) is 4.62. The molecular formula is C15H19N2O2+. The average molecular weight is 259 g/mol. The zero-order chi connectivity index (χ0) is 14.2. The van der Waals surface area contributed by atoms with Gasteiger partial charge >= 0.3 is 0 Å². The maximum atomic E-state index is 11.4. The van der Waals surface area contributed by atoms with E-state index in [-0.39, 0.29) is 5.91 Å². The standard InChI is InChI=1S/C15H19N2O2/c1-6-11-9(2)17(4)12-7-8-13(19-5)15(14(11)12)16-10(3)18/h7-8H,6H2,1-5H3/q+1. The second-order valence-corrected chi connectivity index (χ2v) is 4.62. The molecule has 0 bridgehead atoms. The zero-order valence-corrected chi connectivity index (χ0v) is 12.1. The molecule has 2 aliphatic rings. The van der Waals surface area contributed by atoms with E-state index < -0.39 is 0 Å². The Balaban J connectivity index is 2.69. The SMILES string of the molecule is CCC1=C2C(=CC=C(OC)C2=NC(C)=O)[N+](C)=C1C. The lowest BCUT2D eigenvalue weighted by atomic mass is 9.94. The molecule has 0 unspecified atom stereocenters. The molecule has 0 aromatic carbocycles. The third kappa shape index (κ3) is 2.07. The fourth-order valence-electron chi connectivity index (χ4n) is 2.57. The lowest BCUT2D eigenvalue weighted by Crippen LogP contribution is -2.18. The van der Waals surface area contributed by atoms with Gasteiger partial charge < -0.3 is 4.74 Å². The molecule has 1 heterocycles. The molecule has 4 heteroatoms. The number of carbonyl (C=O) groups excluding carboxylic acids is 1. The predicted molar refractivity (Wildman–Crippen MR) is 75.5 cm³/mol. The van der Waals surface area contributed by atoms with Gasteiger partial charge in [0.25, 0.3) is 0 Å². The molecule has 0 N–H and O–H groups in total. The molecule has 0 saturated carbocycles. The van der Waals surface area contributed by atoms with Crippen LogP contribution in [0.25, 0.3) is 0 Å². The first-order chi connectivity index (χ1) is 9.01. The van der Waals surface area contributed by atoms with E-state index in [0.29, 0.717) is 11.5 Å². The summed E-state index contributed by atoms with van der Waals surface area (Å²) < 4.78 is 7.48. The minimum Gasteiger partial charge on any atom is -0.494 e. The Hall–Kier alpha value is -1.97. The second kappa shape index (κ2) is 4.96. The summed E-state index contributed by atoms with van der Waals surface area (Å²) in [6.45, 7) is 5.65. The number of likely N-dealkylation sites (N-methyl/N-ethyl adjacent to an activating group) is 1. The van der Waals surface area contributed by atoms with Crippen LogP contribution in [0.3, 0.4) is 0 Å². The van der Waals surface area contributed by atoms with Crippen LogP contribution in [0.15, 0.2) is 39.7 Å². The van der Waals surface area contributed by atoms with Gasteiger partial charge in [0.15, 0.2) is 5.71 Å². The van der Waals surface area contributed by atoms with Gasteiger partial charge in [-0.2, -0.15) is 4.58 Å². The molecule has 1 amide bonds. The van der Waals surface area contributed by atoms with Crippen molar-refractivity contribution in [1.29, 1.82) is 0 Å². The first-order valence-corrected chi connectivity index (χ1v) is 6.38. The number of methoxy groups -OCH3 is 1. The van der Waals surface area contributed by atoms with Gasteiger partial charge in [0.1, 0.15) is 18.5 Å². The summed E-state index contributed by atoms with van der Waals surface area (Å²) in [6.07, 6.45) is 4.78. The Morgan fingerprint density at radius 1 is 1.42 bits per heavy atom. The van der Waals surface area contributed by atoms with E-state index in [0.717, 1.165) is 17.7 Å². The van der Waals surface area contributed by atoms with Crippen molar-refractivity contribution >= 4 is 17.3 Å². The Bertz CT molecular complexity index is 602. The van der Waals surface area contributed by atoms with Crippen LogP contribution in [-0.4, -0.2) is 36.1 Å². The summed E-state index contributed by atoms with van der Waals surface area (Å²) in [5.41, 5.74) is 5.17. The highest BCUT2D eigenvalue weighted by Gasteiger charge is 2.37. The largest absolute Gasteiger partial charge is 0.494 e. The van der Waals surface area contributed by atoms with E-state index in [1.165, 1.54) is 18.2 Å². The Morgan fingerprint density at radius 2 is 2.11 bits per heavy atom. The van der Waals surface area contributed by atoms with Gasteiger partial charge in [-0.05, 0) is 12.5 Å². The van der Waals surface area contributed by atoms with Crippen LogP contribution >= 0.6 is 0 Å². The average Bonchev–Trinajstić information content (AvgIpc) is 2.62. The number of rotatable bonds is 2. The molecule has 1 aliphatic heterocycles. The lowest BCUT2D eigenvalue weighted by Gasteiger charge is -2.14. The summed E-state index contributed by atoms with van der Waals surface area (Å²) in [7, 11) is 3.63. The minimum atomic E-state index is -0.214. The molecule has 2 rings (SSSR count). The molecule has 0 aromatic heterocycles. The number of aliphatic imine (C=N–C) groups is 1. The third-order valence-corrected chi connectivity index (χ3v) is 3.56. The highest BCUT2D eigenvalue weighted by atomic mass is 16.5. The number of fused-ring (bicyclic) bond motifs is 1. The fraction of sp³-hybridized carbons (Fsp3) is 0.400. The van der Waals surface area contributed by atoms with E-state index >= 15 is 0 Å². The first kappa shape index (κ1) is 13.5. The molecule has 19 heavy (non-hydrogen) atoms. The van der Waals surface area contributed by atoms with Crippen LogP contribution in [-0.2, 0) is 9.53 Å². The van der Waals surface area contributed by atoms with Gasteiger partial charge in [-0.15, -0.1) is 0 Å². The molecule has 0 spiro atoms. The van der Waals surface area contributed by atoms with E-state index in [1.54, 1.807) is 7.11 Å². The van der Waals surface area contributed by atoms with Gasteiger partial charge in [0, 0.05) is 25.5 Å². The van der Waals surface area contributed by atoms with Crippen molar-refractivity contribution in [1.82, 2.24) is 0 Å². The minimum absolute atomic E-state index is 0.214. The summed E-state index contributed by atoms with van der Waals surface area (Å²) in [6, 6.07) is 0. The predicted octanol–water partition coefficient (Wildman–Crippen LogP) is 2.23. The molecule has 100 valence electrons. The van der Waals surface area contributed by atoms with Gasteiger partial charge in [-0.3, -0.25) is 4.79 Å². The van der Waals surface area contributed by atoms with Crippen LogP contribution in [0.4, 0.5) is 0 Å². The molecule has 0 aromatic rings. The maximum Gasteiger partial charge on any atom is 0.243 e. The monoisotopic (exact) mass is 259 g/mol. The van der Waals surface area contributed by atoms with E-state index in [9.17, 15) is 4.79 Å². The number of carbonyl (C=O) groups is 1. The van der Waals surface area contributed by atoms with Crippen LogP contribution in [0.2, 0.25) is 0 Å². The summed E-state index contributed by atoms with van der Waals surface area (Å²) in [5.74, 6) is 0.428. The number of amides is 1. The molecule has 0 saturated heterocycles. The number of hydrogen-bond donors (Lipinski definition) is 0. The van der Waals surface area contributed by atoms with Crippen molar-refractivity contribution in [2.24, 2.45) is 4.99 Å². The van der Waals surface area contributed by atoms with Crippen LogP contribution < -0.4 is 0 Å². The summed E-state index contributed by atoms with van der Waals surface area (Å²) >= 11 is 0. The highest BCUT2D eigenvalue weighted by Crippen LogP contribution is 2.33. The normalized spacial score (nSPS) is 20.6. The van der Waals surface area contributed by atoms with Crippen molar-refractivity contribution in [3.63, 3.8) is 0 Å². The molecule has 0 atom stereocenters. The Morgan fingerprint density at radius 3 is 2.63 bits per heavy atom. The van der Waals surface area contributed by atoms with Crippen molar-refractivity contribution in [2.75, 3.05) is 14.2 Å². The van der Waals surface area contributed by atoms with Gasteiger partial charge in [0.2, 0.25) is 11.6 Å². The quantitative estimate of drug-likeness (QED) is 0.714. The van der Waals surface area contributed by atoms with Crippen molar-refractivity contribution < 1.29 is 14.1 Å². The van der Waals surface area contributed by atoms with Crippen LogP contribution in [0, 0.1) is 0 Å². The number of hydrogen-bond acceptors (Lipinski definition) is 2. The van der Waals surface area contributed by atoms with E-state index in [1.807, 2.05) is 19.2 Å². The number of nitrogens with zero attached hydrogens (tertiary/aromatic N) is 2. The molecule has 0 radical (unpaired) electrons. The lowest BCUT2D eigenvalue weighted by molar-refractivity contribution is -0.435. The molecular weight excluding hydrogens is 240 g/mol. The fourth-order valence-corrected chi connectivity index (χ4v) is 2.57. The van der Waals surface area contributed by atoms with Gasteiger partial charge in [0.05, 0.1) is 12.7 Å². The smallest absolute Gasteiger partial charge is 0.243 e. The van der Waals surface area contributed by atoms with E-state index in [4.69, 9.17) is 4.74 Å². The molecule has 0 fully saturated rings. The van der Waals surface area contributed by atoms with Gasteiger partial charge in [-0.1, -0.05) is 6.92 Å². The Labute approximate surface area is 113 Å². The summed E-state index contributed by atoms with van der Waals surface area (Å²) in [5, 5.41) is 0. The summed E-state index contributed by atoms with van der Waals surface area (Å²) in [4.78, 5) is 15.5. The third-order valence-electron chi connectivity index (χ3n) is 3.56. The highest BCUT2D eigenvalue weighted by molar-refractivity contribution is 6.22. The van der Waals surface area contributed by atoms with E-state index in [2.05, 4.69) is 23.4 Å². The number of allylic oxidation sites excluding steroid dienone is 5. The number of ether oxygens (including phenoxy) is 1. The first-order valence-electron chi connectivity index (χ1n) is 6.38. The topological polar surface area (TPSA) is 41.7 Å². The van der Waals surface area contributed by atoms with Crippen LogP contribution in [0.5, 0.6) is 0 Å². The zero-order valence-electron chi connectivity index (χ0n) is 12.1. The Kier molecular flexibility index (Phi) is 3.51. The van der Waals surface area contributed by atoms with Crippen molar-refractivity contribution in [3.05, 3.63) is 34.8 Å². The van der Waals surface area contributed by atoms with Crippen LogP contribution in [0.1, 0.15) is 27.2 Å². The maximum absolute atomic E-state index is 11.4. The molecule has 1 aliphatic carbocycles. The molecule has 4 nitrogen and oxygen atoms in total. The van der Waals surface area contributed by atoms with Crippen molar-refractivity contribution in [2.45, 2.75) is 27.2 Å². The van der Waals surface area contributed by atoms with Gasteiger partial charge in [-0.25, -0.2) is 4.99 Å².